The lowest BCUT2D eigenvalue weighted by Crippen LogP contribution is -2.31. The molecule has 1 aliphatic rings. The lowest BCUT2D eigenvalue weighted by molar-refractivity contribution is 0.0544. The van der Waals surface area contributed by atoms with Crippen LogP contribution in [0.2, 0.25) is 10.0 Å². The third kappa shape index (κ3) is 15.6. The van der Waals surface area contributed by atoms with Crippen LogP contribution in [0.5, 0.6) is 23.0 Å². The zero-order valence-corrected chi connectivity index (χ0v) is 46.7. The van der Waals surface area contributed by atoms with E-state index in [2.05, 4.69) is 11.5 Å². The molecule has 416 valence electrons. The molecule has 15 nitrogen and oxygen atoms in total. The molecule has 7 aromatic rings. The molecule has 79 heavy (non-hydrogen) atoms. The van der Waals surface area contributed by atoms with E-state index in [9.17, 15) is 0 Å². The van der Waals surface area contributed by atoms with Crippen LogP contribution in [0.3, 0.4) is 0 Å². The molecule has 0 bridgehead atoms. The summed E-state index contributed by atoms with van der Waals surface area (Å²) in [4.78, 5) is 17.3. The molecule has 0 fully saturated rings. The molecule has 0 radical (unpaired) electrons. The number of imidazole rings is 1. The molecule has 0 amide bonds. The topological polar surface area (TPSA) is 144 Å². The van der Waals surface area contributed by atoms with Crippen molar-refractivity contribution in [1.82, 2.24) is 9.55 Å². The summed E-state index contributed by atoms with van der Waals surface area (Å²) in [6, 6.07) is 46.6. The first-order chi connectivity index (χ1) is 38.9. The maximum absolute atomic E-state index is 7.48. The van der Waals surface area contributed by atoms with E-state index in [0.717, 1.165) is 28.7 Å². The summed E-state index contributed by atoms with van der Waals surface area (Å²) in [6.45, 7) is 8.85. The molecule has 0 atom stereocenters. The van der Waals surface area contributed by atoms with Gasteiger partial charge in [-0.15, -0.1) is 0 Å². The fourth-order valence-electron chi connectivity index (χ4n) is 8.62. The number of methoxy groups -OCH3 is 3. The van der Waals surface area contributed by atoms with Gasteiger partial charge in [0.2, 0.25) is 0 Å². The van der Waals surface area contributed by atoms with Crippen molar-refractivity contribution in [3.05, 3.63) is 172 Å². The minimum atomic E-state index is -1.67. The van der Waals surface area contributed by atoms with Crippen LogP contribution in [-0.4, -0.2) is 141 Å². The van der Waals surface area contributed by atoms with Gasteiger partial charge in [0.15, 0.2) is 0 Å². The van der Waals surface area contributed by atoms with Crippen LogP contribution in [0.15, 0.2) is 156 Å². The molecule has 8 rings (SSSR count). The van der Waals surface area contributed by atoms with Crippen molar-refractivity contribution in [2.45, 2.75) is 19.1 Å². The van der Waals surface area contributed by atoms with Crippen molar-refractivity contribution < 1.29 is 52.1 Å². The largest absolute Gasteiger partial charge is 0.491 e. The van der Waals surface area contributed by atoms with E-state index in [1.54, 1.807) is 21.3 Å². The van der Waals surface area contributed by atoms with Gasteiger partial charge >= 0.3 is 0 Å². The molecule has 0 saturated heterocycles. The third-order valence-electron chi connectivity index (χ3n) is 12.4. The minimum absolute atomic E-state index is 0.347. The smallest absolute Gasteiger partial charge is 0.263 e. The van der Waals surface area contributed by atoms with Gasteiger partial charge in [0.05, 0.1) is 98.9 Å². The fourth-order valence-corrected chi connectivity index (χ4v) is 9.11. The number of rotatable bonds is 34. The number of aliphatic imine (C=N–C) groups is 2. The Labute approximate surface area is 472 Å². The third-order valence-corrected chi connectivity index (χ3v) is 13.1. The molecule has 1 aromatic heterocycles. The van der Waals surface area contributed by atoms with Crippen LogP contribution in [0, 0.1) is 0 Å². The predicted octanol–water partition coefficient (Wildman–Crippen LogP) is 11.8. The number of aromatic nitrogens is 2. The normalized spacial score (nSPS) is 12.8. The van der Waals surface area contributed by atoms with Gasteiger partial charge in [-0.25, -0.2) is 15.0 Å². The number of ether oxygens (including phenoxy) is 11. The van der Waals surface area contributed by atoms with Gasteiger partial charge in [-0.3, -0.25) is 4.57 Å². The van der Waals surface area contributed by atoms with Crippen molar-refractivity contribution in [2.24, 2.45) is 9.98 Å². The standard InChI is InChI=1S/C62H68Cl2N4O11/c1-5-30-72-37-41-76-51-26-18-47(19-27-51)59-60(48-20-28-52(29-21-48)79-44-40-75-36-33-71-4)68(61(65-59)53-10-6-8-12-55(53)63)62(54-11-7-9-13-56(54)64)66-57(45-14-22-49(23-15-45)77-42-38-73-34-31-69-2)58(67-62)46-16-24-50(25-17-46)78-43-39-74-35-32-70-3/h6-29H,5,30-44H2,1-4H3. The zero-order chi connectivity index (χ0) is 55.1. The quantitative estimate of drug-likeness (QED) is 0.0354. The monoisotopic (exact) mass is 1110 g/mol. The van der Waals surface area contributed by atoms with Gasteiger partial charge in [-0.1, -0.05) is 60.5 Å². The molecule has 0 N–H and O–H groups in total. The van der Waals surface area contributed by atoms with E-state index in [1.165, 1.54) is 0 Å². The van der Waals surface area contributed by atoms with Gasteiger partial charge in [-0.05, 0) is 122 Å². The lowest BCUT2D eigenvalue weighted by Gasteiger charge is -2.30. The molecule has 0 unspecified atom stereocenters. The first kappa shape index (κ1) is 58.5. The molecular formula is C62H68Cl2N4O11. The Morgan fingerprint density at radius 2 is 0.785 bits per heavy atom. The van der Waals surface area contributed by atoms with Gasteiger partial charge < -0.3 is 52.1 Å². The van der Waals surface area contributed by atoms with Crippen molar-refractivity contribution in [3.63, 3.8) is 0 Å². The Morgan fingerprint density at radius 3 is 1.20 bits per heavy atom. The Hall–Kier alpha value is -6.63. The van der Waals surface area contributed by atoms with Crippen LogP contribution in [0.4, 0.5) is 0 Å². The van der Waals surface area contributed by atoms with Crippen LogP contribution in [0.25, 0.3) is 33.9 Å². The van der Waals surface area contributed by atoms with Crippen molar-refractivity contribution in [1.29, 1.82) is 0 Å². The van der Waals surface area contributed by atoms with E-state index in [4.69, 9.17) is 90.3 Å². The van der Waals surface area contributed by atoms with Crippen LogP contribution in [0.1, 0.15) is 30.0 Å². The van der Waals surface area contributed by atoms with E-state index >= 15 is 0 Å². The molecule has 17 heteroatoms. The number of hydrogen-bond acceptors (Lipinski definition) is 14. The SMILES string of the molecule is CCCOCCOc1ccc(-c2nc(-c3ccccc3Cl)n(C3(c4ccccc4Cl)N=C(c4ccc(OCCOCCOC)cc4)C(c4ccc(OCCOCCOC)cc4)=N3)c2-c2ccc(OCCOCCOC)cc2)cc1. The summed E-state index contributed by atoms with van der Waals surface area (Å²) in [5.41, 5.74) is 6.83. The Morgan fingerprint density at radius 1 is 0.405 bits per heavy atom. The van der Waals surface area contributed by atoms with Crippen molar-refractivity contribution >= 4 is 34.6 Å². The van der Waals surface area contributed by atoms with Crippen molar-refractivity contribution in [2.75, 3.05) is 120 Å². The minimum Gasteiger partial charge on any atom is -0.491 e. The molecule has 0 spiro atoms. The number of nitrogens with zero attached hydrogens (tertiary/aromatic N) is 4. The maximum atomic E-state index is 7.48. The molecule has 2 heterocycles. The highest BCUT2D eigenvalue weighted by atomic mass is 35.5. The zero-order valence-electron chi connectivity index (χ0n) is 45.2. The number of halogens is 2. The summed E-state index contributed by atoms with van der Waals surface area (Å²) in [5, 5.41) is 0.896. The maximum Gasteiger partial charge on any atom is 0.263 e. The van der Waals surface area contributed by atoms with E-state index in [1.807, 2.05) is 146 Å². The van der Waals surface area contributed by atoms with E-state index < -0.39 is 5.79 Å². The van der Waals surface area contributed by atoms with Gasteiger partial charge in [0.25, 0.3) is 5.79 Å². The molecular weight excluding hydrogens is 1050 g/mol. The summed E-state index contributed by atoms with van der Waals surface area (Å²) >= 11 is 14.8. The second kappa shape index (κ2) is 30.7. The van der Waals surface area contributed by atoms with E-state index in [0.29, 0.717) is 172 Å². The van der Waals surface area contributed by atoms with E-state index in [-0.39, 0.29) is 0 Å². The Kier molecular flexibility index (Phi) is 22.7. The first-order valence-electron chi connectivity index (χ1n) is 26.4. The highest BCUT2D eigenvalue weighted by Crippen LogP contribution is 2.49. The highest BCUT2D eigenvalue weighted by molar-refractivity contribution is 6.54. The second-order valence-electron chi connectivity index (χ2n) is 17.9. The summed E-state index contributed by atoms with van der Waals surface area (Å²) in [6.07, 6.45) is 0.933. The average molecular weight is 1120 g/mol. The number of hydrogen-bond donors (Lipinski definition) is 0. The fraction of sp³-hybridized carbons (Fsp3) is 0.339. The van der Waals surface area contributed by atoms with Crippen molar-refractivity contribution in [3.8, 4) is 56.9 Å². The van der Waals surface area contributed by atoms with Crippen LogP contribution < -0.4 is 18.9 Å². The van der Waals surface area contributed by atoms with Gasteiger partial charge in [0.1, 0.15) is 55.2 Å². The Bertz CT molecular complexity index is 2950. The highest BCUT2D eigenvalue weighted by Gasteiger charge is 2.46. The summed E-state index contributed by atoms with van der Waals surface area (Å²) in [5.74, 6) is 1.49. The molecule has 6 aromatic carbocycles. The predicted molar refractivity (Wildman–Crippen MR) is 309 cm³/mol. The summed E-state index contributed by atoms with van der Waals surface area (Å²) < 4.78 is 64.7. The van der Waals surface area contributed by atoms with Gasteiger partial charge in [0, 0.05) is 61.3 Å². The average Bonchev–Trinajstić information content (AvgIpc) is 3.68. The number of benzene rings is 6. The lowest BCUT2D eigenvalue weighted by atomic mass is 10.00. The van der Waals surface area contributed by atoms with Crippen LogP contribution in [-0.2, 0) is 38.9 Å². The van der Waals surface area contributed by atoms with Crippen LogP contribution >= 0.6 is 23.2 Å². The van der Waals surface area contributed by atoms with Gasteiger partial charge in [-0.2, -0.15) is 0 Å². The first-order valence-corrected chi connectivity index (χ1v) is 27.2. The molecule has 1 aliphatic heterocycles. The molecule has 0 saturated carbocycles. The molecule has 0 aliphatic carbocycles. The second-order valence-corrected chi connectivity index (χ2v) is 18.7. The Balaban J connectivity index is 1.33. The summed E-state index contributed by atoms with van der Waals surface area (Å²) in [7, 11) is 4.93.